The molecule has 1 aromatic carbocycles. The van der Waals surface area contributed by atoms with E-state index < -0.39 is 0 Å². The van der Waals surface area contributed by atoms with E-state index in [9.17, 15) is 4.79 Å². The Hall–Kier alpha value is -1.11. The van der Waals surface area contributed by atoms with Crippen molar-refractivity contribution in [3.05, 3.63) is 27.7 Å². The Kier molecular flexibility index (Phi) is 9.21. The molecule has 130 valence electrons. The van der Waals surface area contributed by atoms with Gasteiger partial charge < -0.3 is 15.2 Å². The van der Waals surface area contributed by atoms with Crippen molar-refractivity contribution in [2.75, 3.05) is 37.8 Å². The lowest BCUT2D eigenvalue weighted by molar-refractivity contribution is 0.137. The minimum absolute atomic E-state index is 0.0784. The van der Waals surface area contributed by atoms with Gasteiger partial charge >= 0.3 is 6.03 Å². The predicted octanol–water partition coefficient (Wildman–Crippen LogP) is 3.39. The number of nitrogens with one attached hydrogen (secondary N) is 1. The molecule has 5 nitrogen and oxygen atoms in total. The number of aliphatic hydroxyl groups is 1. The van der Waals surface area contributed by atoms with Crippen molar-refractivity contribution in [2.45, 2.75) is 33.6 Å². The van der Waals surface area contributed by atoms with Crippen LogP contribution in [0.25, 0.3) is 0 Å². The van der Waals surface area contributed by atoms with Gasteiger partial charge in [0.25, 0.3) is 0 Å². The van der Waals surface area contributed by atoms with E-state index in [1.807, 2.05) is 26.0 Å². The second-order valence-corrected chi connectivity index (χ2v) is 6.26. The normalized spacial score (nSPS) is 10.7. The van der Waals surface area contributed by atoms with Gasteiger partial charge in [0.15, 0.2) is 0 Å². The van der Waals surface area contributed by atoms with Crippen molar-refractivity contribution < 1.29 is 14.6 Å². The molecule has 0 unspecified atom stereocenters. The summed E-state index contributed by atoms with van der Waals surface area (Å²) in [5, 5.41) is 11.6. The first kappa shape index (κ1) is 19.9. The molecule has 0 atom stereocenters. The van der Waals surface area contributed by atoms with E-state index in [1.54, 1.807) is 4.90 Å². The van der Waals surface area contributed by atoms with Crippen LogP contribution in [0.2, 0.25) is 0 Å². The van der Waals surface area contributed by atoms with Crippen molar-refractivity contribution in [1.82, 2.24) is 5.32 Å². The average molecular weight is 387 g/mol. The van der Waals surface area contributed by atoms with E-state index in [0.717, 1.165) is 34.1 Å². The van der Waals surface area contributed by atoms with Gasteiger partial charge in [-0.2, -0.15) is 0 Å². The van der Waals surface area contributed by atoms with Crippen molar-refractivity contribution in [3.63, 3.8) is 0 Å². The number of amides is 2. The number of carbonyl (C=O) groups is 1. The van der Waals surface area contributed by atoms with E-state index in [2.05, 4.69) is 28.2 Å². The number of urea groups is 1. The van der Waals surface area contributed by atoms with E-state index >= 15 is 0 Å². The highest BCUT2D eigenvalue weighted by molar-refractivity contribution is 9.10. The minimum atomic E-state index is -0.223. The summed E-state index contributed by atoms with van der Waals surface area (Å²) >= 11 is 3.55. The van der Waals surface area contributed by atoms with Crippen LogP contribution < -0.4 is 10.2 Å². The van der Waals surface area contributed by atoms with Gasteiger partial charge in [-0.25, -0.2) is 4.79 Å². The standard InChI is InChI=1S/C17H27BrN2O3/c1-4-5-9-23-10-7-20(17(22)19-6-8-21)15-11-13(2)16(18)14(3)12-15/h11-12,21H,4-10H2,1-3H3,(H,19,22). The van der Waals surface area contributed by atoms with Crippen molar-refractivity contribution in [1.29, 1.82) is 0 Å². The highest BCUT2D eigenvalue weighted by Crippen LogP contribution is 2.27. The first-order valence-corrected chi connectivity index (χ1v) is 8.81. The number of hydrogen-bond donors (Lipinski definition) is 2. The number of aliphatic hydroxyl groups excluding tert-OH is 1. The molecule has 0 aliphatic heterocycles. The molecule has 0 bridgehead atoms. The molecule has 0 heterocycles. The number of ether oxygens (including phenoxy) is 1. The molecule has 0 aromatic heterocycles. The van der Waals surface area contributed by atoms with Crippen LogP contribution in [0.4, 0.5) is 10.5 Å². The summed E-state index contributed by atoms with van der Waals surface area (Å²) < 4.78 is 6.64. The summed E-state index contributed by atoms with van der Waals surface area (Å²) in [6.45, 7) is 7.95. The smallest absolute Gasteiger partial charge is 0.322 e. The molecule has 0 aliphatic rings. The summed E-state index contributed by atoms with van der Waals surface area (Å²) in [6, 6.07) is 3.72. The molecule has 1 aromatic rings. The maximum absolute atomic E-state index is 12.4. The van der Waals surface area contributed by atoms with Crippen LogP contribution in [-0.2, 0) is 4.74 Å². The quantitative estimate of drug-likeness (QED) is 0.639. The largest absolute Gasteiger partial charge is 0.395 e. The Bertz CT molecular complexity index is 486. The molecule has 0 aliphatic carbocycles. The zero-order chi connectivity index (χ0) is 17.2. The SMILES string of the molecule is CCCCOCCN(C(=O)NCCO)c1cc(C)c(Br)c(C)c1. The lowest BCUT2D eigenvalue weighted by Gasteiger charge is -2.24. The maximum Gasteiger partial charge on any atom is 0.322 e. The summed E-state index contributed by atoms with van der Waals surface area (Å²) in [5.74, 6) is 0. The number of unbranched alkanes of at least 4 members (excludes halogenated alkanes) is 1. The average Bonchev–Trinajstić information content (AvgIpc) is 2.53. The first-order chi connectivity index (χ1) is 11.0. The summed E-state index contributed by atoms with van der Waals surface area (Å²) in [6.07, 6.45) is 2.11. The Morgan fingerprint density at radius 3 is 2.52 bits per heavy atom. The Labute approximate surface area is 147 Å². The van der Waals surface area contributed by atoms with Crippen LogP contribution in [0.15, 0.2) is 16.6 Å². The summed E-state index contributed by atoms with van der Waals surface area (Å²) in [5.41, 5.74) is 2.98. The molecule has 0 spiro atoms. The minimum Gasteiger partial charge on any atom is -0.395 e. The third-order valence-electron chi connectivity index (χ3n) is 3.47. The van der Waals surface area contributed by atoms with E-state index in [-0.39, 0.29) is 19.2 Å². The number of rotatable bonds is 9. The number of benzene rings is 1. The van der Waals surface area contributed by atoms with Gasteiger partial charge in [-0.3, -0.25) is 4.90 Å². The fourth-order valence-corrected chi connectivity index (χ4v) is 2.42. The Balaban J connectivity index is 2.83. The van der Waals surface area contributed by atoms with Crippen LogP contribution >= 0.6 is 15.9 Å². The number of halogens is 1. The number of hydrogen-bond acceptors (Lipinski definition) is 3. The fourth-order valence-electron chi connectivity index (χ4n) is 2.19. The summed E-state index contributed by atoms with van der Waals surface area (Å²) in [4.78, 5) is 14.0. The van der Waals surface area contributed by atoms with Gasteiger partial charge in [0.2, 0.25) is 0 Å². The molecule has 0 radical (unpaired) electrons. The van der Waals surface area contributed by atoms with Crippen molar-refractivity contribution >= 4 is 27.6 Å². The lowest BCUT2D eigenvalue weighted by atomic mass is 10.1. The Morgan fingerprint density at radius 1 is 1.30 bits per heavy atom. The van der Waals surface area contributed by atoms with Crippen molar-refractivity contribution in [3.8, 4) is 0 Å². The fraction of sp³-hybridized carbons (Fsp3) is 0.588. The van der Waals surface area contributed by atoms with Gasteiger partial charge in [-0.15, -0.1) is 0 Å². The summed E-state index contributed by atoms with van der Waals surface area (Å²) in [7, 11) is 0. The highest BCUT2D eigenvalue weighted by Gasteiger charge is 2.17. The number of aryl methyl sites for hydroxylation is 2. The Morgan fingerprint density at radius 2 is 1.96 bits per heavy atom. The molecule has 0 saturated heterocycles. The third-order valence-corrected chi connectivity index (χ3v) is 4.72. The molecule has 6 heteroatoms. The molecular formula is C17H27BrN2O3. The van der Waals surface area contributed by atoms with Crippen LogP contribution in [-0.4, -0.2) is 44.0 Å². The molecule has 2 N–H and O–H groups in total. The third kappa shape index (κ3) is 6.49. The molecule has 0 saturated carbocycles. The van der Waals surface area contributed by atoms with Crippen LogP contribution in [0.1, 0.15) is 30.9 Å². The predicted molar refractivity (Wildman–Crippen MR) is 97.2 cm³/mol. The van der Waals surface area contributed by atoms with Crippen LogP contribution in [0.3, 0.4) is 0 Å². The molecular weight excluding hydrogens is 360 g/mol. The lowest BCUT2D eigenvalue weighted by Crippen LogP contribution is -2.43. The van der Waals surface area contributed by atoms with Gasteiger partial charge in [0.1, 0.15) is 0 Å². The molecule has 23 heavy (non-hydrogen) atoms. The molecule has 0 fully saturated rings. The second kappa shape index (κ2) is 10.6. The topological polar surface area (TPSA) is 61.8 Å². The van der Waals surface area contributed by atoms with Gasteiger partial charge in [0, 0.05) is 23.3 Å². The highest BCUT2D eigenvalue weighted by atomic mass is 79.9. The monoisotopic (exact) mass is 386 g/mol. The molecule has 2 amide bonds. The maximum atomic E-state index is 12.4. The van der Waals surface area contributed by atoms with Crippen molar-refractivity contribution in [2.24, 2.45) is 0 Å². The van der Waals surface area contributed by atoms with Crippen LogP contribution in [0.5, 0.6) is 0 Å². The van der Waals surface area contributed by atoms with E-state index in [1.165, 1.54) is 0 Å². The van der Waals surface area contributed by atoms with E-state index in [0.29, 0.717) is 19.8 Å². The van der Waals surface area contributed by atoms with Crippen LogP contribution in [0, 0.1) is 13.8 Å². The van der Waals surface area contributed by atoms with Gasteiger partial charge in [0.05, 0.1) is 19.8 Å². The second-order valence-electron chi connectivity index (χ2n) is 5.47. The zero-order valence-corrected chi connectivity index (χ0v) is 15.8. The molecule has 1 rings (SSSR count). The zero-order valence-electron chi connectivity index (χ0n) is 14.2. The number of nitrogens with zero attached hydrogens (tertiary/aromatic N) is 1. The number of carbonyl (C=O) groups excluding carboxylic acids is 1. The van der Waals surface area contributed by atoms with Gasteiger partial charge in [-0.1, -0.05) is 29.3 Å². The number of anilines is 1. The van der Waals surface area contributed by atoms with E-state index in [4.69, 9.17) is 9.84 Å². The van der Waals surface area contributed by atoms with Gasteiger partial charge in [-0.05, 0) is 43.5 Å². The first-order valence-electron chi connectivity index (χ1n) is 8.02.